The fourth-order valence-corrected chi connectivity index (χ4v) is 1.66. The number of para-hydroxylation sites is 1. The van der Waals surface area contributed by atoms with Crippen molar-refractivity contribution in [3.63, 3.8) is 0 Å². The minimum absolute atomic E-state index is 0.504. The molecule has 0 aromatic heterocycles. The molecule has 0 aliphatic carbocycles. The Morgan fingerprint density at radius 1 is 1.33 bits per heavy atom. The van der Waals surface area contributed by atoms with Gasteiger partial charge in [0.25, 0.3) is 0 Å². The Morgan fingerprint density at radius 2 is 1.93 bits per heavy atom. The summed E-state index contributed by atoms with van der Waals surface area (Å²) >= 11 is 0. The van der Waals surface area contributed by atoms with Crippen molar-refractivity contribution in [2.45, 2.75) is 32.8 Å². The second-order valence-electron chi connectivity index (χ2n) is 4.39. The highest BCUT2D eigenvalue weighted by atomic mass is 16.5. The van der Waals surface area contributed by atoms with Crippen LogP contribution in [0.5, 0.6) is 5.75 Å². The molecule has 0 aliphatic heterocycles. The van der Waals surface area contributed by atoms with Gasteiger partial charge < -0.3 is 4.74 Å². The summed E-state index contributed by atoms with van der Waals surface area (Å²) in [4.78, 5) is 0. The molecule has 1 aromatic carbocycles. The molecule has 1 rings (SSSR count). The van der Waals surface area contributed by atoms with E-state index in [1.165, 1.54) is 0 Å². The van der Waals surface area contributed by atoms with E-state index < -0.39 is 5.60 Å². The molecule has 0 amide bonds. The molecule has 1 unspecified atom stereocenters. The summed E-state index contributed by atoms with van der Waals surface area (Å²) in [6.45, 7) is 6.24. The van der Waals surface area contributed by atoms with E-state index in [9.17, 15) is 0 Å². The minimum atomic E-state index is -0.504. The largest absolute Gasteiger partial charge is 0.475 e. The van der Waals surface area contributed by atoms with Crippen molar-refractivity contribution in [1.82, 2.24) is 0 Å². The summed E-state index contributed by atoms with van der Waals surface area (Å²) < 4.78 is 5.83. The smallest absolute Gasteiger partial charge is 0.166 e. The van der Waals surface area contributed by atoms with Gasteiger partial charge in [-0.3, -0.25) is 0 Å². The van der Waals surface area contributed by atoms with Gasteiger partial charge in [0, 0.05) is 6.42 Å². The topological polar surface area (TPSA) is 9.23 Å². The van der Waals surface area contributed by atoms with E-state index in [1.54, 1.807) is 0 Å². The molecule has 1 aromatic rings. The van der Waals surface area contributed by atoms with E-state index in [1.807, 2.05) is 37.3 Å². The molecule has 80 valence electrons. The average Bonchev–Trinajstić information content (AvgIpc) is 2.18. The van der Waals surface area contributed by atoms with Gasteiger partial charge in [-0.25, -0.2) is 0 Å². The van der Waals surface area contributed by atoms with E-state index in [2.05, 4.69) is 19.8 Å². The van der Waals surface area contributed by atoms with Crippen molar-refractivity contribution >= 4 is 0 Å². The Balaban J connectivity index is 2.74. The van der Waals surface area contributed by atoms with Gasteiger partial charge in [0.15, 0.2) is 5.60 Å². The van der Waals surface area contributed by atoms with Gasteiger partial charge in [0.05, 0.1) is 0 Å². The fraction of sp³-hybridized carbons (Fsp3) is 0.429. The number of benzene rings is 1. The molecule has 0 saturated heterocycles. The quantitative estimate of drug-likeness (QED) is 0.679. The predicted molar refractivity (Wildman–Crippen MR) is 63.8 cm³/mol. The Labute approximate surface area is 92.5 Å². The van der Waals surface area contributed by atoms with Crippen LogP contribution in [-0.2, 0) is 0 Å². The normalized spacial score (nSPS) is 14.3. The van der Waals surface area contributed by atoms with Crippen molar-refractivity contribution in [3.05, 3.63) is 30.3 Å². The lowest BCUT2D eigenvalue weighted by molar-refractivity contribution is 0.125. The summed E-state index contributed by atoms with van der Waals surface area (Å²) in [6.07, 6.45) is 6.39. The van der Waals surface area contributed by atoms with Crippen molar-refractivity contribution in [2.75, 3.05) is 0 Å². The first-order valence-corrected chi connectivity index (χ1v) is 5.27. The maximum Gasteiger partial charge on any atom is 0.166 e. The van der Waals surface area contributed by atoms with Gasteiger partial charge in [-0.1, -0.05) is 38.0 Å². The van der Waals surface area contributed by atoms with Gasteiger partial charge in [0.1, 0.15) is 5.75 Å². The molecule has 0 N–H and O–H groups in total. The van der Waals surface area contributed by atoms with Crippen LogP contribution in [0.4, 0.5) is 0 Å². The summed E-state index contributed by atoms with van der Waals surface area (Å²) in [5.74, 6) is 4.09. The van der Waals surface area contributed by atoms with E-state index in [0.717, 1.165) is 12.2 Å². The molecule has 0 bridgehead atoms. The molecular formula is C14H18O. The molecule has 0 radical (unpaired) electrons. The van der Waals surface area contributed by atoms with Crippen LogP contribution in [-0.4, -0.2) is 5.60 Å². The van der Waals surface area contributed by atoms with Crippen LogP contribution in [0.3, 0.4) is 0 Å². The van der Waals surface area contributed by atoms with Crippen molar-refractivity contribution < 1.29 is 4.74 Å². The lowest BCUT2D eigenvalue weighted by Gasteiger charge is -2.27. The first-order chi connectivity index (χ1) is 7.06. The molecule has 0 heterocycles. The molecule has 1 atom stereocenters. The van der Waals surface area contributed by atoms with E-state index in [4.69, 9.17) is 11.2 Å². The minimum Gasteiger partial charge on any atom is -0.475 e. The molecule has 0 spiro atoms. The number of hydrogen-bond donors (Lipinski definition) is 0. The second-order valence-corrected chi connectivity index (χ2v) is 4.39. The summed E-state index contributed by atoms with van der Waals surface area (Å²) in [5, 5.41) is 0. The number of terminal acetylenes is 1. The standard InChI is InChI=1S/C14H18O/c1-5-14(4,11-12(2)3)15-13-9-7-6-8-10-13/h1,6-10,12H,11H2,2-4H3. The van der Waals surface area contributed by atoms with E-state index >= 15 is 0 Å². The monoisotopic (exact) mass is 202 g/mol. The van der Waals surface area contributed by atoms with Gasteiger partial charge in [-0.15, -0.1) is 6.42 Å². The SMILES string of the molecule is C#CC(C)(CC(C)C)Oc1ccccc1. The third-order valence-corrected chi connectivity index (χ3v) is 2.19. The number of rotatable bonds is 4. The lowest BCUT2D eigenvalue weighted by atomic mass is 9.95. The van der Waals surface area contributed by atoms with E-state index in [0.29, 0.717) is 5.92 Å². The molecule has 15 heavy (non-hydrogen) atoms. The third-order valence-electron chi connectivity index (χ3n) is 2.19. The van der Waals surface area contributed by atoms with Gasteiger partial charge in [-0.05, 0) is 25.0 Å². The zero-order valence-corrected chi connectivity index (χ0v) is 9.66. The maximum absolute atomic E-state index is 5.83. The van der Waals surface area contributed by atoms with Crippen LogP contribution in [0.15, 0.2) is 30.3 Å². The average molecular weight is 202 g/mol. The number of ether oxygens (including phenoxy) is 1. The first-order valence-electron chi connectivity index (χ1n) is 5.27. The predicted octanol–water partition coefficient (Wildman–Crippen LogP) is 3.50. The summed E-state index contributed by atoms with van der Waals surface area (Å²) in [7, 11) is 0. The number of hydrogen-bond acceptors (Lipinski definition) is 1. The summed E-state index contributed by atoms with van der Waals surface area (Å²) in [5.41, 5.74) is -0.504. The molecule has 0 aliphatic rings. The van der Waals surface area contributed by atoms with Gasteiger partial charge in [0.2, 0.25) is 0 Å². The van der Waals surface area contributed by atoms with Crippen LogP contribution in [0, 0.1) is 18.3 Å². The zero-order chi connectivity index (χ0) is 11.3. The van der Waals surface area contributed by atoms with E-state index in [-0.39, 0.29) is 0 Å². The van der Waals surface area contributed by atoms with Gasteiger partial charge in [-0.2, -0.15) is 0 Å². The highest BCUT2D eigenvalue weighted by molar-refractivity contribution is 5.24. The molecule has 1 heteroatoms. The molecule has 0 fully saturated rings. The zero-order valence-electron chi connectivity index (χ0n) is 9.66. The van der Waals surface area contributed by atoms with Crippen molar-refractivity contribution in [3.8, 4) is 18.1 Å². The van der Waals surface area contributed by atoms with Crippen LogP contribution in [0.25, 0.3) is 0 Å². The lowest BCUT2D eigenvalue weighted by Crippen LogP contribution is -2.32. The molecular weight excluding hydrogens is 184 g/mol. The Bertz CT molecular complexity index is 334. The summed E-state index contributed by atoms with van der Waals surface area (Å²) in [6, 6.07) is 9.71. The van der Waals surface area contributed by atoms with Crippen LogP contribution < -0.4 is 4.74 Å². The molecule has 1 nitrogen and oxygen atoms in total. The third kappa shape index (κ3) is 3.67. The molecule has 0 saturated carbocycles. The second kappa shape index (κ2) is 4.89. The van der Waals surface area contributed by atoms with Crippen LogP contribution >= 0.6 is 0 Å². The highest BCUT2D eigenvalue weighted by Gasteiger charge is 2.24. The Hall–Kier alpha value is -1.42. The van der Waals surface area contributed by atoms with Gasteiger partial charge >= 0.3 is 0 Å². The van der Waals surface area contributed by atoms with Crippen LogP contribution in [0.1, 0.15) is 27.2 Å². The fourth-order valence-electron chi connectivity index (χ4n) is 1.66. The van der Waals surface area contributed by atoms with Crippen LogP contribution in [0.2, 0.25) is 0 Å². The van der Waals surface area contributed by atoms with Crippen molar-refractivity contribution in [1.29, 1.82) is 0 Å². The van der Waals surface area contributed by atoms with Crippen molar-refractivity contribution in [2.24, 2.45) is 5.92 Å². The Kier molecular flexibility index (Phi) is 3.80. The Morgan fingerprint density at radius 3 is 2.40 bits per heavy atom. The highest BCUT2D eigenvalue weighted by Crippen LogP contribution is 2.23. The maximum atomic E-state index is 5.83. The first kappa shape index (κ1) is 11.7.